The Morgan fingerprint density at radius 1 is 1.04 bits per heavy atom. The van der Waals surface area contributed by atoms with E-state index in [4.69, 9.17) is 4.84 Å². The molecule has 0 aliphatic carbocycles. The Morgan fingerprint density at radius 3 is 2.17 bits per heavy atom. The molecule has 0 aromatic heterocycles. The van der Waals surface area contributed by atoms with E-state index in [2.05, 4.69) is 15.1 Å². The van der Waals surface area contributed by atoms with Gasteiger partial charge in [-0.2, -0.15) is 0 Å². The lowest BCUT2D eigenvalue weighted by molar-refractivity contribution is -0.197. The van der Waals surface area contributed by atoms with E-state index >= 15 is 0 Å². The van der Waals surface area contributed by atoms with Crippen molar-refractivity contribution in [2.45, 2.75) is 19.3 Å². The standard InChI is InChI=1S/C14H22N4O5/c19-11-15-4-6-17-9-7-16(8-10-17)5-3-14(22)23-18-12(20)1-2-13(18)21/h11H,1-10H2,(H,15,19)/i11+1,15+1. The lowest BCUT2D eigenvalue weighted by Gasteiger charge is -2.34. The summed E-state index contributed by atoms with van der Waals surface area (Å²) in [7, 11) is 0. The van der Waals surface area contributed by atoms with Gasteiger partial charge in [0.1, 0.15) is 0 Å². The van der Waals surface area contributed by atoms with E-state index < -0.39 is 17.8 Å². The quantitative estimate of drug-likeness (QED) is 0.187. The third kappa shape index (κ3) is 5.29. The zero-order valence-electron chi connectivity index (χ0n) is 13.0. The highest BCUT2D eigenvalue weighted by Gasteiger charge is 2.32. The van der Waals surface area contributed by atoms with Gasteiger partial charge in [-0.25, -0.2) is 4.79 Å². The van der Waals surface area contributed by atoms with Crippen LogP contribution in [0.15, 0.2) is 0 Å². The first-order chi connectivity index (χ1) is 11.1. The Balaban J connectivity index is 1.61. The Hall–Kier alpha value is -2.00. The molecule has 3 amide bonds. The largest absolute Gasteiger partial charge is 0.357 e. The molecule has 0 bridgehead atoms. The van der Waals surface area contributed by atoms with Gasteiger partial charge in [0.15, 0.2) is 0 Å². The number of imide groups is 1. The third-order valence-electron chi connectivity index (χ3n) is 3.95. The first-order valence-electron chi connectivity index (χ1n) is 7.78. The molecule has 9 heteroatoms. The fraction of sp³-hybridized carbons (Fsp3) is 0.714. The van der Waals surface area contributed by atoms with E-state index in [1.165, 1.54) is 0 Å². The number of nitrogens with one attached hydrogen (secondary N) is 1. The Kier molecular flexibility index (Phi) is 6.48. The second-order valence-corrected chi connectivity index (χ2v) is 5.55. The summed E-state index contributed by atoms with van der Waals surface area (Å²) in [5.74, 6) is -1.48. The summed E-state index contributed by atoms with van der Waals surface area (Å²) in [4.78, 5) is 53.8. The maximum atomic E-state index is 11.7. The molecular formula is C14H22N4O5. The second-order valence-electron chi connectivity index (χ2n) is 5.55. The summed E-state index contributed by atoms with van der Waals surface area (Å²) in [5, 5.41) is 3.22. The van der Waals surface area contributed by atoms with E-state index in [-0.39, 0.29) is 19.3 Å². The van der Waals surface area contributed by atoms with Gasteiger partial charge < -0.3 is 15.1 Å². The van der Waals surface area contributed by atoms with E-state index in [9.17, 15) is 19.2 Å². The van der Waals surface area contributed by atoms with Gasteiger partial charge in [-0.1, -0.05) is 0 Å². The van der Waals surface area contributed by atoms with Gasteiger partial charge in [0, 0.05) is 58.7 Å². The summed E-state index contributed by atoms with van der Waals surface area (Å²) < 4.78 is 0. The molecule has 2 aliphatic rings. The smallest absolute Gasteiger partial charge is 0.334 e. The third-order valence-corrected chi connectivity index (χ3v) is 3.95. The molecule has 0 aromatic rings. The second kappa shape index (κ2) is 8.59. The van der Waals surface area contributed by atoms with Gasteiger partial charge in [-0.15, -0.1) is 5.06 Å². The summed E-state index contributed by atoms with van der Waals surface area (Å²) in [6.07, 6.45) is 1.04. The average Bonchev–Trinajstić information content (AvgIpc) is 2.86. The molecule has 2 aliphatic heterocycles. The minimum atomic E-state index is -0.564. The highest BCUT2D eigenvalue weighted by atomic mass is 16.7. The summed E-state index contributed by atoms with van der Waals surface area (Å²) in [5.41, 5.74) is 0. The number of carbonyl (C=O) groups is 4. The van der Waals surface area contributed by atoms with Crippen molar-refractivity contribution >= 4 is 24.2 Å². The minimum Gasteiger partial charge on any atom is -0.357 e. The predicted octanol–water partition coefficient (Wildman–Crippen LogP) is -1.65. The van der Waals surface area contributed by atoms with Crippen molar-refractivity contribution in [2.75, 3.05) is 45.8 Å². The molecule has 2 fully saturated rings. The van der Waals surface area contributed by atoms with Gasteiger partial charge >= 0.3 is 5.97 Å². The van der Waals surface area contributed by atoms with Crippen molar-refractivity contribution in [3.63, 3.8) is 0 Å². The monoisotopic (exact) mass is 328 g/mol. The first kappa shape index (κ1) is 17.4. The number of amides is 3. The molecule has 2 heterocycles. The maximum Gasteiger partial charge on any atom is 0.334 e. The fourth-order valence-corrected chi connectivity index (χ4v) is 2.57. The number of hydroxylamine groups is 2. The molecule has 0 unspecified atom stereocenters. The Bertz CT molecular complexity index is 446. The van der Waals surface area contributed by atoms with Crippen LogP contribution in [0.1, 0.15) is 19.3 Å². The number of carbonyl (C=O) groups excluding carboxylic acids is 4. The van der Waals surface area contributed by atoms with Crippen LogP contribution < -0.4 is 5.32 Å². The lowest BCUT2D eigenvalue weighted by atomic mass is 10.3. The number of nitrogens with zero attached hydrogens (tertiary/aromatic N) is 3. The molecule has 0 radical (unpaired) electrons. The van der Waals surface area contributed by atoms with E-state index in [0.29, 0.717) is 24.6 Å². The first-order valence-corrected chi connectivity index (χ1v) is 7.78. The van der Waals surface area contributed by atoms with Gasteiger partial charge in [-0.3, -0.25) is 19.3 Å². The normalized spacial score (nSPS) is 19.9. The zero-order valence-corrected chi connectivity index (χ0v) is 13.0. The summed E-state index contributed by atoms with van der Waals surface area (Å²) in [6, 6.07) is 0. The Morgan fingerprint density at radius 2 is 1.61 bits per heavy atom. The molecule has 0 saturated carbocycles. The van der Waals surface area contributed by atoms with Crippen LogP contribution in [0.5, 0.6) is 0 Å². The molecular weight excluding hydrogens is 306 g/mol. The summed E-state index contributed by atoms with van der Waals surface area (Å²) >= 11 is 0. The zero-order chi connectivity index (χ0) is 16.7. The molecule has 0 aromatic carbocycles. The van der Waals surface area contributed by atoms with Crippen LogP contribution in [0.3, 0.4) is 0 Å². The van der Waals surface area contributed by atoms with Gasteiger partial charge in [-0.05, 0) is 0 Å². The van der Waals surface area contributed by atoms with Crippen LogP contribution in [0, 0.1) is 0 Å². The topological polar surface area (TPSA) is 99.3 Å². The van der Waals surface area contributed by atoms with E-state index in [1.807, 2.05) is 0 Å². The van der Waals surface area contributed by atoms with Gasteiger partial charge in [0.05, 0.1) is 6.42 Å². The number of rotatable bonds is 8. The van der Waals surface area contributed by atoms with Crippen LogP contribution >= 0.6 is 0 Å². The fourth-order valence-electron chi connectivity index (χ4n) is 2.57. The highest BCUT2D eigenvalue weighted by molar-refractivity contribution is 6.01. The van der Waals surface area contributed by atoms with Gasteiger partial charge in [0.2, 0.25) is 6.41 Å². The molecule has 0 atom stereocenters. The van der Waals surface area contributed by atoms with Crippen molar-refractivity contribution in [1.82, 2.24) is 20.2 Å². The molecule has 128 valence electrons. The van der Waals surface area contributed by atoms with Gasteiger partial charge in [0.25, 0.3) is 11.8 Å². The van der Waals surface area contributed by atoms with Crippen molar-refractivity contribution in [3.8, 4) is 0 Å². The van der Waals surface area contributed by atoms with Crippen LogP contribution in [0.4, 0.5) is 0 Å². The molecule has 2 saturated heterocycles. The summed E-state index contributed by atoms with van der Waals surface area (Å²) in [6.45, 7) is 5.39. The maximum absolute atomic E-state index is 11.7. The molecule has 2 rings (SSSR count). The predicted molar refractivity (Wildman–Crippen MR) is 78.7 cm³/mol. The average molecular weight is 328 g/mol. The van der Waals surface area contributed by atoms with Crippen molar-refractivity contribution < 1.29 is 24.0 Å². The van der Waals surface area contributed by atoms with Crippen LogP contribution in [-0.2, 0) is 24.0 Å². The SMILES string of the molecule is O=[13CH][15NH]CCN1CCN(CCC(=O)ON2C(=O)CCC2=O)CC1. The number of hydrogen-bond donors (Lipinski definition) is 1. The Labute approximate surface area is 134 Å². The molecule has 0 spiro atoms. The van der Waals surface area contributed by atoms with E-state index in [0.717, 1.165) is 32.7 Å². The lowest BCUT2D eigenvalue weighted by Crippen LogP contribution is -2.48. The molecule has 9 nitrogen and oxygen atoms in total. The van der Waals surface area contributed by atoms with E-state index in [1.54, 1.807) is 0 Å². The number of hydrogen-bond acceptors (Lipinski definition) is 7. The van der Waals surface area contributed by atoms with Crippen molar-refractivity contribution in [1.29, 1.82) is 0 Å². The van der Waals surface area contributed by atoms with Crippen molar-refractivity contribution in [2.24, 2.45) is 0 Å². The number of piperazine rings is 1. The van der Waals surface area contributed by atoms with Crippen LogP contribution in [0.25, 0.3) is 0 Å². The van der Waals surface area contributed by atoms with Crippen LogP contribution in [-0.4, -0.2) is 84.9 Å². The molecule has 23 heavy (non-hydrogen) atoms. The minimum absolute atomic E-state index is 0.104. The highest BCUT2D eigenvalue weighted by Crippen LogP contribution is 2.12. The molecule has 1 N–H and O–H groups in total. The van der Waals surface area contributed by atoms with Crippen molar-refractivity contribution in [3.05, 3.63) is 0 Å². The van der Waals surface area contributed by atoms with Crippen LogP contribution in [0.2, 0.25) is 0 Å².